The molecule has 0 saturated heterocycles. The molecule has 0 saturated carbocycles. The monoisotopic (exact) mass is 408 g/mol. The van der Waals surface area contributed by atoms with E-state index in [0.717, 1.165) is 5.57 Å². The molecule has 5 N–H and O–H groups in total. The Hall–Kier alpha value is -2.85. The highest BCUT2D eigenvalue weighted by Crippen LogP contribution is 2.31. The first kappa shape index (κ1) is 21.5. The predicted molar refractivity (Wildman–Crippen MR) is 107 cm³/mol. The number of methoxy groups -OCH3 is 1. The van der Waals surface area contributed by atoms with Crippen LogP contribution < -0.4 is 16.2 Å². The lowest BCUT2D eigenvalue weighted by atomic mass is 10.2. The van der Waals surface area contributed by atoms with Crippen LogP contribution in [0.25, 0.3) is 0 Å². The molecule has 0 amide bonds. The smallest absolute Gasteiger partial charge is 0.264 e. The lowest BCUT2D eigenvalue weighted by Gasteiger charge is -2.09. The van der Waals surface area contributed by atoms with Crippen molar-refractivity contribution in [2.24, 2.45) is 16.0 Å². The van der Waals surface area contributed by atoms with Crippen molar-refractivity contribution in [3.63, 3.8) is 0 Å². The predicted octanol–water partition coefficient (Wildman–Crippen LogP) is 3.06. The molecule has 0 aliphatic heterocycles. The van der Waals surface area contributed by atoms with Gasteiger partial charge in [0.25, 0.3) is 10.1 Å². The zero-order valence-electron chi connectivity index (χ0n) is 15.8. The van der Waals surface area contributed by atoms with E-state index >= 15 is 0 Å². The van der Waals surface area contributed by atoms with E-state index in [9.17, 15) is 8.42 Å². The molecule has 1 aliphatic rings. The lowest BCUT2D eigenvalue weighted by molar-refractivity contribution is 0.218. The number of hydrogen-bond donors (Lipinski definition) is 3. The molecule has 2 rings (SSSR count). The van der Waals surface area contributed by atoms with Crippen molar-refractivity contribution in [2.75, 3.05) is 25.2 Å². The second kappa shape index (κ2) is 9.38. The topological polar surface area (TPSA) is 150 Å². The van der Waals surface area contributed by atoms with Gasteiger partial charge in [0.05, 0.1) is 30.9 Å². The molecule has 0 atom stereocenters. The Balaban J connectivity index is 2.09. The Morgan fingerprint density at radius 1 is 1.25 bits per heavy atom. The van der Waals surface area contributed by atoms with Crippen LogP contribution in [-0.4, -0.2) is 32.4 Å². The summed E-state index contributed by atoms with van der Waals surface area (Å²) in [6.07, 6.45) is 4.05. The molecule has 1 aliphatic carbocycles. The minimum Gasteiger partial charge on any atom is -0.494 e. The third-order valence-corrected chi connectivity index (χ3v) is 4.68. The molecule has 0 fully saturated rings. The first-order chi connectivity index (χ1) is 13.2. The third-order valence-electron chi connectivity index (χ3n) is 3.88. The Morgan fingerprint density at radius 2 is 2.00 bits per heavy atom. The van der Waals surface area contributed by atoms with Crippen molar-refractivity contribution in [1.82, 2.24) is 0 Å². The van der Waals surface area contributed by atoms with Gasteiger partial charge in [-0.25, -0.2) is 0 Å². The number of rotatable bonds is 8. The largest absolute Gasteiger partial charge is 0.494 e. The van der Waals surface area contributed by atoms with Crippen LogP contribution in [-0.2, 0) is 14.9 Å². The number of hydrogen-bond acceptors (Lipinski definition) is 8. The second-order valence-electron chi connectivity index (χ2n) is 6.12. The van der Waals surface area contributed by atoms with Crippen LogP contribution in [0.5, 0.6) is 5.75 Å². The van der Waals surface area contributed by atoms with E-state index in [-0.39, 0.29) is 18.8 Å². The average Bonchev–Trinajstić information content (AvgIpc) is 2.75. The number of azo groups is 1. The fourth-order valence-electron chi connectivity index (χ4n) is 2.43. The van der Waals surface area contributed by atoms with Gasteiger partial charge in [0.1, 0.15) is 17.2 Å². The van der Waals surface area contributed by atoms with Crippen molar-refractivity contribution in [2.45, 2.75) is 19.8 Å². The van der Waals surface area contributed by atoms with E-state index in [2.05, 4.69) is 10.2 Å². The van der Waals surface area contributed by atoms with Crippen LogP contribution in [0, 0.1) is 0 Å². The maximum Gasteiger partial charge on any atom is 0.264 e. The van der Waals surface area contributed by atoms with E-state index in [1.807, 2.05) is 6.92 Å². The Morgan fingerprint density at radius 3 is 2.68 bits per heavy atom. The molecular formula is C18H24N4O5S. The number of nitrogens with two attached hydrogens (primary N) is 2. The molecule has 0 heterocycles. The van der Waals surface area contributed by atoms with Crippen LogP contribution in [0.3, 0.4) is 0 Å². The third kappa shape index (κ3) is 6.39. The summed E-state index contributed by atoms with van der Waals surface area (Å²) in [7, 11) is -2.48. The van der Waals surface area contributed by atoms with Gasteiger partial charge in [-0.15, -0.1) is 5.11 Å². The molecule has 0 radical (unpaired) electrons. The zero-order valence-corrected chi connectivity index (χ0v) is 16.6. The Bertz CT molecular complexity index is 949. The fraction of sp³-hybridized carbons (Fsp3) is 0.333. The van der Waals surface area contributed by atoms with Crippen LogP contribution in [0.4, 0.5) is 11.4 Å². The van der Waals surface area contributed by atoms with Gasteiger partial charge in [-0.05, 0) is 43.2 Å². The summed E-state index contributed by atoms with van der Waals surface area (Å²) < 4.78 is 41.0. The highest BCUT2D eigenvalue weighted by atomic mass is 32.2. The van der Waals surface area contributed by atoms with Crippen molar-refractivity contribution in [3.8, 4) is 5.75 Å². The summed E-state index contributed by atoms with van der Waals surface area (Å²) in [4.78, 5) is 0. The normalized spacial score (nSPS) is 15.2. The summed E-state index contributed by atoms with van der Waals surface area (Å²) in [6, 6.07) is 5.09. The maximum absolute atomic E-state index is 10.7. The number of benzene rings is 1. The van der Waals surface area contributed by atoms with Gasteiger partial charge >= 0.3 is 0 Å². The van der Waals surface area contributed by atoms with Gasteiger partial charge in [-0.1, -0.05) is 0 Å². The Labute approximate surface area is 164 Å². The van der Waals surface area contributed by atoms with Crippen molar-refractivity contribution in [1.29, 1.82) is 0 Å². The van der Waals surface area contributed by atoms with Crippen molar-refractivity contribution < 1.29 is 22.4 Å². The molecule has 10 heteroatoms. The number of nitrogen functional groups attached to an aromatic ring is 1. The van der Waals surface area contributed by atoms with Crippen LogP contribution in [0.1, 0.15) is 19.8 Å². The van der Waals surface area contributed by atoms with E-state index in [4.69, 9.17) is 25.5 Å². The van der Waals surface area contributed by atoms with Crippen LogP contribution in [0.2, 0.25) is 0 Å². The van der Waals surface area contributed by atoms with Gasteiger partial charge in [0.15, 0.2) is 0 Å². The zero-order chi connectivity index (χ0) is 20.7. The first-order valence-electron chi connectivity index (χ1n) is 8.50. The van der Waals surface area contributed by atoms with E-state index < -0.39 is 10.1 Å². The average molecular weight is 408 g/mol. The molecule has 28 heavy (non-hydrogen) atoms. The van der Waals surface area contributed by atoms with Crippen LogP contribution >= 0.6 is 0 Å². The van der Waals surface area contributed by atoms with Gasteiger partial charge < -0.3 is 20.9 Å². The quantitative estimate of drug-likeness (QED) is 0.259. The number of ether oxygens (including phenoxy) is 2. The van der Waals surface area contributed by atoms with E-state index in [1.54, 1.807) is 30.4 Å². The van der Waals surface area contributed by atoms with Gasteiger partial charge in [-0.2, -0.15) is 13.5 Å². The molecule has 152 valence electrons. The van der Waals surface area contributed by atoms with Crippen molar-refractivity contribution >= 4 is 21.5 Å². The molecule has 0 aromatic heterocycles. The molecule has 0 bridgehead atoms. The number of anilines is 1. The van der Waals surface area contributed by atoms with Crippen LogP contribution in [0.15, 0.2) is 63.3 Å². The second-order valence-corrected chi connectivity index (χ2v) is 7.69. The van der Waals surface area contributed by atoms with Gasteiger partial charge in [-0.3, -0.25) is 4.55 Å². The standard InChI is InChI=1S/C18H24N4O5S/c1-12-10-14(20)17(27-8-3-9-28(23,24)25)7-6-15(12)21-22-16-5-4-13(19)11-18(16)26-2/h4-5,7,10-11H,3,6,8-9,19-20H2,1-2H3,(H,23,24,25). The van der Waals surface area contributed by atoms with E-state index in [1.165, 1.54) is 7.11 Å². The van der Waals surface area contributed by atoms with E-state index in [0.29, 0.717) is 40.7 Å². The summed E-state index contributed by atoms with van der Waals surface area (Å²) >= 11 is 0. The molecule has 1 aromatic carbocycles. The molecular weight excluding hydrogens is 384 g/mol. The maximum atomic E-state index is 10.7. The summed E-state index contributed by atoms with van der Waals surface area (Å²) in [5, 5.41) is 8.54. The lowest BCUT2D eigenvalue weighted by Crippen LogP contribution is -2.09. The summed E-state index contributed by atoms with van der Waals surface area (Å²) in [5.41, 5.74) is 14.8. The molecule has 0 spiro atoms. The summed E-state index contributed by atoms with van der Waals surface area (Å²) in [5.74, 6) is 0.582. The molecule has 0 unspecified atom stereocenters. The fourth-order valence-corrected chi connectivity index (χ4v) is 2.92. The van der Waals surface area contributed by atoms with Gasteiger partial charge in [0.2, 0.25) is 0 Å². The summed E-state index contributed by atoms with van der Waals surface area (Å²) in [6.45, 7) is 1.97. The highest BCUT2D eigenvalue weighted by Gasteiger charge is 2.12. The first-order valence-corrected chi connectivity index (χ1v) is 10.1. The highest BCUT2D eigenvalue weighted by molar-refractivity contribution is 7.85. The SMILES string of the molecule is COc1cc(N)ccc1N=NC1=C(C)C=C(N)C(OCCCS(=O)(=O)O)=CC1. The molecule has 9 nitrogen and oxygen atoms in total. The molecule has 1 aromatic rings. The minimum absolute atomic E-state index is 0.110. The minimum atomic E-state index is -4.01. The van der Waals surface area contributed by atoms with Crippen molar-refractivity contribution in [3.05, 3.63) is 53.1 Å². The Kier molecular flexibility index (Phi) is 7.18. The van der Waals surface area contributed by atoms with Gasteiger partial charge in [0, 0.05) is 18.2 Å². The number of allylic oxidation sites excluding steroid dienone is 3. The number of nitrogens with zero attached hydrogens (tertiary/aromatic N) is 2.